The summed E-state index contributed by atoms with van der Waals surface area (Å²) in [5.41, 5.74) is 1.24. The number of anilines is 1. The van der Waals surface area contributed by atoms with Gasteiger partial charge in [0.25, 0.3) is 0 Å². The normalized spacial score (nSPS) is 15.5. The molecule has 1 aromatic heterocycles. The van der Waals surface area contributed by atoms with Crippen LogP contribution in [0.25, 0.3) is 11.1 Å². The third-order valence-corrected chi connectivity index (χ3v) is 3.22. The lowest BCUT2D eigenvalue weighted by atomic mass is 10.1. The van der Waals surface area contributed by atoms with Gasteiger partial charge in [0.05, 0.1) is 0 Å². The summed E-state index contributed by atoms with van der Waals surface area (Å²) in [5.74, 6) is 0.461. The molecule has 0 bridgehead atoms. The van der Waals surface area contributed by atoms with E-state index in [0.29, 0.717) is 17.1 Å². The van der Waals surface area contributed by atoms with Crippen molar-refractivity contribution >= 4 is 5.95 Å². The molecule has 1 fully saturated rings. The van der Waals surface area contributed by atoms with Gasteiger partial charge in [-0.15, -0.1) is 0 Å². The van der Waals surface area contributed by atoms with Gasteiger partial charge in [-0.2, -0.15) is 0 Å². The summed E-state index contributed by atoms with van der Waals surface area (Å²) in [6.07, 6.45) is 3.37. The molecule has 0 radical (unpaired) electrons. The lowest BCUT2D eigenvalue weighted by Gasteiger charge is -2.27. The van der Waals surface area contributed by atoms with Crippen molar-refractivity contribution in [1.82, 2.24) is 15.3 Å². The van der Waals surface area contributed by atoms with Crippen molar-refractivity contribution in [3.05, 3.63) is 42.5 Å². The van der Waals surface area contributed by atoms with Gasteiger partial charge in [-0.1, -0.05) is 18.2 Å². The highest BCUT2D eigenvalue weighted by Crippen LogP contribution is 2.21. The molecule has 19 heavy (non-hydrogen) atoms. The van der Waals surface area contributed by atoms with E-state index in [9.17, 15) is 4.39 Å². The largest absolute Gasteiger partial charge is 0.338 e. The van der Waals surface area contributed by atoms with E-state index >= 15 is 0 Å². The van der Waals surface area contributed by atoms with Crippen LogP contribution in [-0.4, -0.2) is 36.1 Å². The van der Waals surface area contributed by atoms with Gasteiger partial charge >= 0.3 is 0 Å². The van der Waals surface area contributed by atoms with Crippen molar-refractivity contribution in [3.8, 4) is 11.1 Å². The molecule has 0 saturated carbocycles. The summed E-state index contributed by atoms with van der Waals surface area (Å²) in [6, 6.07) is 6.66. The van der Waals surface area contributed by atoms with Crippen LogP contribution in [0.5, 0.6) is 0 Å². The Labute approximate surface area is 111 Å². The third-order valence-electron chi connectivity index (χ3n) is 3.22. The Morgan fingerprint density at radius 2 is 1.74 bits per heavy atom. The van der Waals surface area contributed by atoms with E-state index in [4.69, 9.17) is 0 Å². The van der Waals surface area contributed by atoms with E-state index in [1.807, 2.05) is 6.07 Å². The SMILES string of the molecule is Fc1ccccc1-c1cnc(N2CCNCC2)nc1. The van der Waals surface area contributed by atoms with Crippen molar-refractivity contribution in [3.63, 3.8) is 0 Å². The fourth-order valence-electron chi connectivity index (χ4n) is 2.18. The lowest BCUT2D eigenvalue weighted by Crippen LogP contribution is -2.44. The minimum atomic E-state index is -0.249. The molecule has 1 N–H and O–H groups in total. The molecule has 1 aromatic carbocycles. The molecule has 1 saturated heterocycles. The molecule has 0 unspecified atom stereocenters. The van der Waals surface area contributed by atoms with E-state index in [0.717, 1.165) is 26.2 Å². The second kappa shape index (κ2) is 5.32. The molecule has 1 aliphatic heterocycles. The van der Waals surface area contributed by atoms with Gasteiger partial charge in [-0.3, -0.25) is 0 Å². The van der Waals surface area contributed by atoms with Crippen LogP contribution >= 0.6 is 0 Å². The first-order valence-corrected chi connectivity index (χ1v) is 6.37. The maximum atomic E-state index is 13.7. The van der Waals surface area contributed by atoms with Gasteiger partial charge in [0.15, 0.2) is 0 Å². The van der Waals surface area contributed by atoms with Crippen LogP contribution < -0.4 is 10.2 Å². The van der Waals surface area contributed by atoms with Gasteiger partial charge in [0.1, 0.15) is 5.82 Å². The van der Waals surface area contributed by atoms with E-state index in [-0.39, 0.29) is 5.82 Å². The van der Waals surface area contributed by atoms with Crippen LogP contribution in [-0.2, 0) is 0 Å². The second-order valence-electron chi connectivity index (χ2n) is 4.49. The molecular weight excluding hydrogens is 243 g/mol. The first kappa shape index (κ1) is 12.0. The number of piperazine rings is 1. The number of aromatic nitrogens is 2. The summed E-state index contributed by atoms with van der Waals surface area (Å²) in [7, 11) is 0. The van der Waals surface area contributed by atoms with Crippen molar-refractivity contribution < 1.29 is 4.39 Å². The average Bonchev–Trinajstić information content (AvgIpc) is 2.49. The zero-order chi connectivity index (χ0) is 13.1. The molecule has 0 amide bonds. The first-order valence-electron chi connectivity index (χ1n) is 6.37. The zero-order valence-electron chi connectivity index (χ0n) is 10.5. The topological polar surface area (TPSA) is 41.1 Å². The summed E-state index contributed by atoms with van der Waals surface area (Å²) < 4.78 is 13.7. The number of nitrogens with zero attached hydrogens (tertiary/aromatic N) is 3. The van der Waals surface area contributed by atoms with Crippen LogP contribution in [0, 0.1) is 5.82 Å². The Bertz CT molecular complexity index is 550. The molecule has 2 aromatic rings. The summed E-state index contributed by atoms with van der Waals surface area (Å²) in [6.45, 7) is 3.69. The van der Waals surface area contributed by atoms with Crippen molar-refractivity contribution in [1.29, 1.82) is 0 Å². The van der Waals surface area contributed by atoms with Crippen LogP contribution in [0.3, 0.4) is 0 Å². The van der Waals surface area contributed by atoms with Crippen LogP contribution in [0.15, 0.2) is 36.7 Å². The maximum Gasteiger partial charge on any atom is 0.225 e. The molecule has 0 atom stereocenters. The van der Waals surface area contributed by atoms with Crippen LogP contribution in [0.1, 0.15) is 0 Å². The maximum absolute atomic E-state index is 13.7. The predicted octanol–water partition coefficient (Wildman–Crippen LogP) is 1.69. The Hall–Kier alpha value is -2.01. The number of benzene rings is 1. The number of rotatable bonds is 2. The van der Waals surface area contributed by atoms with Crippen LogP contribution in [0.4, 0.5) is 10.3 Å². The van der Waals surface area contributed by atoms with E-state index in [2.05, 4.69) is 20.2 Å². The monoisotopic (exact) mass is 258 g/mol. The van der Waals surface area contributed by atoms with Crippen molar-refractivity contribution in [2.75, 3.05) is 31.1 Å². The lowest BCUT2D eigenvalue weighted by molar-refractivity contribution is 0.580. The number of nitrogens with one attached hydrogen (secondary N) is 1. The highest BCUT2D eigenvalue weighted by atomic mass is 19.1. The van der Waals surface area contributed by atoms with Crippen LogP contribution in [0.2, 0.25) is 0 Å². The van der Waals surface area contributed by atoms with Crippen molar-refractivity contribution in [2.45, 2.75) is 0 Å². The van der Waals surface area contributed by atoms with E-state index < -0.39 is 0 Å². The van der Waals surface area contributed by atoms with Gasteiger partial charge < -0.3 is 10.2 Å². The van der Waals surface area contributed by atoms with Crippen molar-refractivity contribution in [2.24, 2.45) is 0 Å². The molecule has 3 rings (SSSR count). The van der Waals surface area contributed by atoms with Gasteiger partial charge in [0, 0.05) is 49.7 Å². The predicted molar refractivity (Wildman–Crippen MR) is 72.5 cm³/mol. The Balaban J connectivity index is 1.84. The third kappa shape index (κ3) is 2.56. The number of hydrogen-bond acceptors (Lipinski definition) is 4. The first-order chi connectivity index (χ1) is 9.34. The minimum Gasteiger partial charge on any atom is -0.338 e. The Kier molecular flexibility index (Phi) is 3.37. The van der Waals surface area contributed by atoms with E-state index in [1.165, 1.54) is 6.07 Å². The Morgan fingerprint density at radius 3 is 2.42 bits per heavy atom. The number of hydrogen-bond donors (Lipinski definition) is 1. The fourth-order valence-corrected chi connectivity index (χ4v) is 2.18. The highest BCUT2D eigenvalue weighted by molar-refractivity contribution is 5.62. The molecular formula is C14H15FN4. The van der Waals surface area contributed by atoms with Gasteiger partial charge in [-0.05, 0) is 6.07 Å². The zero-order valence-corrected chi connectivity index (χ0v) is 10.5. The second-order valence-corrected chi connectivity index (χ2v) is 4.49. The number of halogens is 1. The Morgan fingerprint density at radius 1 is 1.05 bits per heavy atom. The van der Waals surface area contributed by atoms with E-state index in [1.54, 1.807) is 24.5 Å². The highest BCUT2D eigenvalue weighted by Gasteiger charge is 2.13. The molecule has 0 aliphatic carbocycles. The smallest absolute Gasteiger partial charge is 0.225 e. The molecule has 98 valence electrons. The summed E-state index contributed by atoms with van der Waals surface area (Å²) in [4.78, 5) is 10.8. The van der Waals surface area contributed by atoms with Gasteiger partial charge in [0.2, 0.25) is 5.95 Å². The molecule has 0 spiro atoms. The molecule has 1 aliphatic rings. The minimum absolute atomic E-state index is 0.249. The standard InChI is InChI=1S/C14H15FN4/c15-13-4-2-1-3-12(13)11-9-17-14(18-10-11)19-7-5-16-6-8-19/h1-4,9-10,16H,5-8H2. The molecule has 4 nitrogen and oxygen atoms in total. The molecule has 2 heterocycles. The van der Waals surface area contributed by atoms with Gasteiger partial charge in [-0.25, -0.2) is 14.4 Å². The summed E-state index contributed by atoms with van der Waals surface area (Å²) in [5, 5.41) is 3.28. The molecule has 5 heteroatoms. The average molecular weight is 258 g/mol. The summed E-state index contributed by atoms with van der Waals surface area (Å²) >= 11 is 0. The quantitative estimate of drug-likeness (QED) is 0.890. The fraction of sp³-hybridized carbons (Fsp3) is 0.286.